The Morgan fingerprint density at radius 1 is 1.00 bits per heavy atom. The monoisotopic (exact) mass is 408 g/mol. The quantitative estimate of drug-likeness (QED) is 0.538. The second-order valence-corrected chi connectivity index (χ2v) is 8.20. The van der Waals surface area contributed by atoms with Gasteiger partial charge in [-0.3, -0.25) is 19.3 Å². The number of benzene rings is 1. The molecule has 1 fully saturated rings. The normalized spacial score (nSPS) is 16.7. The third kappa shape index (κ3) is 4.61. The topological polar surface area (TPSA) is 84.3 Å². The molecule has 2 heterocycles. The van der Waals surface area contributed by atoms with Gasteiger partial charge in [0.15, 0.2) is 0 Å². The van der Waals surface area contributed by atoms with Crippen molar-refractivity contribution in [3.05, 3.63) is 53.6 Å². The molecule has 0 atom stereocenters. The first-order valence-corrected chi connectivity index (χ1v) is 10.9. The number of unbranched alkanes of at least 4 members (excludes halogenated alkanes) is 1. The summed E-state index contributed by atoms with van der Waals surface area (Å²) < 4.78 is 1.96. The number of rotatable bonds is 8. The van der Waals surface area contributed by atoms with Crippen LogP contribution in [0.1, 0.15) is 71.4 Å². The predicted molar refractivity (Wildman–Crippen MR) is 112 cm³/mol. The van der Waals surface area contributed by atoms with Crippen LogP contribution >= 0.6 is 0 Å². The Morgan fingerprint density at radius 3 is 2.37 bits per heavy atom. The third-order valence-electron chi connectivity index (χ3n) is 5.92. The molecule has 1 N–H and O–H groups in total. The van der Waals surface area contributed by atoms with Crippen molar-refractivity contribution >= 4 is 17.7 Å². The van der Waals surface area contributed by atoms with Gasteiger partial charge in [0, 0.05) is 25.3 Å². The Labute approximate surface area is 176 Å². The third-order valence-corrected chi connectivity index (χ3v) is 5.92. The Morgan fingerprint density at radius 2 is 1.67 bits per heavy atom. The zero-order chi connectivity index (χ0) is 20.9. The molecule has 0 saturated heterocycles. The lowest BCUT2D eigenvalue weighted by Gasteiger charge is -2.22. The second kappa shape index (κ2) is 9.24. The maximum atomic E-state index is 12.4. The molecule has 1 aliphatic heterocycles. The summed E-state index contributed by atoms with van der Waals surface area (Å²) in [5, 5.41) is 3.12. The molecule has 2 aliphatic rings. The SMILES string of the molecule is O=C(Cc1cn(CCCCN2C(=O)c3ccccc3C2=O)cn1)NC1CCCCC1. The number of hydrogen-bond acceptors (Lipinski definition) is 4. The Balaban J connectivity index is 1.19. The van der Waals surface area contributed by atoms with Gasteiger partial charge in [0.1, 0.15) is 0 Å². The Bertz CT molecular complexity index is 895. The van der Waals surface area contributed by atoms with Crippen molar-refractivity contribution in [3.8, 4) is 0 Å². The lowest BCUT2D eigenvalue weighted by atomic mass is 9.95. The molecule has 7 heteroatoms. The van der Waals surface area contributed by atoms with E-state index in [9.17, 15) is 14.4 Å². The zero-order valence-corrected chi connectivity index (χ0v) is 17.2. The summed E-state index contributed by atoms with van der Waals surface area (Å²) in [6.45, 7) is 1.15. The van der Waals surface area contributed by atoms with Crippen molar-refractivity contribution in [2.24, 2.45) is 0 Å². The van der Waals surface area contributed by atoms with E-state index in [4.69, 9.17) is 0 Å². The van der Waals surface area contributed by atoms with Gasteiger partial charge in [0.2, 0.25) is 5.91 Å². The number of nitrogens with zero attached hydrogens (tertiary/aromatic N) is 3. The predicted octanol–water partition coefficient (Wildman–Crippen LogP) is 2.95. The fourth-order valence-electron chi connectivity index (χ4n) is 4.32. The second-order valence-electron chi connectivity index (χ2n) is 8.20. The number of amides is 3. The fourth-order valence-corrected chi connectivity index (χ4v) is 4.32. The molecule has 0 bridgehead atoms. The van der Waals surface area contributed by atoms with Crippen molar-refractivity contribution in [1.82, 2.24) is 19.8 Å². The number of fused-ring (bicyclic) bond motifs is 1. The molecule has 0 unspecified atom stereocenters. The van der Waals surface area contributed by atoms with Gasteiger partial charge in [-0.15, -0.1) is 0 Å². The number of imide groups is 1. The summed E-state index contributed by atoms with van der Waals surface area (Å²) in [5.41, 5.74) is 1.75. The summed E-state index contributed by atoms with van der Waals surface area (Å²) >= 11 is 0. The van der Waals surface area contributed by atoms with E-state index < -0.39 is 0 Å². The summed E-state index contributed by atoms with van der Waals surface area (Å²) in [6, 6.07) is 7.27. The molecule has 3 amide bonds. The molecule has 1 saturated carbocycles. The molecule has 0 radical (unpaired) electrons. The molecule has 4 rings (SSSR count). The van der Waals surface area contributed by atoms with Gasteiger partial charge in [0.25, 0.3) is 11.8 Å². The van der Waals surface area contributed by atoms with Gasteiger partial charge >= 0.3 is 0 Å². The summed E-state index contributed by atoms with van der Waals surface area (Å²) in [4.78, 5) is 42.6. The van der Waals surface area contributed by atoms with Crippen LogP contribution in [-0.4, -0.2) is 44.8 Å². The molecular formula is C23H28N4O3. The van der Waals surface area contributed by atoms with Gasteiger partial charge in [-0.05, 0) is 37.8 Å². The number of carbonyl (C=O) groups excluding carboxylic acids is 3. The van der Waals surface area contributed by atoms with Crippen molar-refractivity contribution in [2.75, 3.05) is 6.54 Å². The van der Waals surface area contributed by atoms with Crippen molar-refractivity contribution in [1.29, 1.82) is 0 Å². The van der Waals surface area contributed by atoms with Crippen LogP contribution < -0.4 is 5.32 Å². The first kappa shape index (κ1) is 20.3. The lowest BCUT2D eigenvalue weighted by molar-refractivity contribution is -0.121. The summed E-state index contributed by atoms with van der Waals surface area (Å²) in [5.74, 6) is -0.369. The van der Waals surface area contributed by atoms with Crippen molar-refractivity contribution < 1.29 is 14.4 Å². The highest BCUT2D eigenvalue weighted by molar-refractivity contribution is 6.21. The maximum absolute atomic E-state index is 12.4. The van der Waals surface area contributed by atoms with Crippen molar-refractivity contribution in [2.45, 2.75) is 64.0 Å². The molecule has 1 aliphatic carbocycles. The van der Waals surface area contributed by atoms with E-state index in [-0.39, 0.29) is 17.7 Å². The zero-order valence-electron chi connectivity index (χ0n) is 17.2. The van der Waals surface area contributed by atoms with Gasteiger partial charge in [-0.1, -0.05) is 31.4 Å². The van der Waals surface area contributed by atoms with Crippen LogP contribution in [0.4, 0.5) is 0 Å². The first-order valence-electron chi connectivity index (χ1n) is 10.9. The Kier molecular flexibility index (Phi) is 6.26. The van der Waals surface area contributed by atoms with Crippen LogP contribution in [0.25, 0.3) is 0 Å². The number of aryl methyl sites for hydroxylation is 1. The molecular weight excluding hydrogens is 380 g/mol. The van der Waals surface area contributed by atoms with E-state index in [1.807, 2.05) is 10.8 Å². The van der Waals surface area contributed by atoms with Crippen LogP contribution in [0, 0.1) is 0 Å². The number of aromatic nitrogens is 2. The van der Waals surface area contributed by atoms with Crippen LogP contribution in [0.15, 0.2) is 36.8 Å². The molecule has 7 nitrogen and oxygen atoms in total. The minimum atomic E-state index is -0.204. The number of carbonyl (C=O) groups is 3. The van der Waals surface area contributed by atoms with E-state index in [0.29, 0.717) is 30.1 Å². The van der Waals surface area contributed by atoms with Gasteiger partial charge in [-0.25, -0.2) is 4.98 Å². The first-order chi connectivity index (χ1) is 14.6. The maximum Gasteiger partial charge on any atom is 0.261 e. The highest BCUT2D eigenvalue weighted by atomic mass is 16.2. The summed E-state index contributed by atoms with van der Waals surface area (Å²) in [7, 11) is 0. The highest BCUT2D eigenvalue weighted by Gasteiger charge is 2.34. The molecule has 2 aromatic rings. The molecule has 1 aromatic carbocycles. The van der Waals surface area contributed by atoms with E-state index in [1.54, 1.807) is 30.6 Å². The van der Waals surface area contributed by atoms with Crippen LogP contribution in [0.5, 0.6) is 0 Å². The molecule has 0 spiro atoms. The van der Waals surface area contributed by atoms with E-state index in [1.165, 1.54) is 24.2 Å². The van der Waals surface area contributed by atoms with Gasteiger partial charge in [-0.2, -0.15) is 0 Å². The minimum Gasteiger partial charge on any atom is -0.353 e. The van der Waals surface area contributed by atoms with Crippen LogP contribution in [0.3, 0.4) is 0 Å². The van der Waals surface area contributed by atoms with E-state index in [0.717, 1.165) is 37.9 Å². The van der Waals surface area contributed by atoms with E-state index >= 15 is 0 Å². The highest BCUT2D eigenvalue weighted by Crippen LogP contribution is 2.22. The Hall–Kier alpha value is -2.96. The molecule has 1 aromatic heterocycles. The van der Waals surface area contributed by atoms with Crippen LogP contribution in [0.2, 0.25) is 0 Å². The average molecular weight is 409 g/mol. The number of nitrogens with one attached hydrogen (secondary N) is 1. The minimum absolute atomic E-state index is 0.0396. The van der Waals surface area contributed by atoms with Gasteiger partial charge < -0.3 is 9.88 Å². The average Bonchev–Trinajstić information content (AvgIpc) is 3.29. The fraction of sp³-hybridized carbons (Fsp3) is 0.478. The van der Waals surface area contributed by atoms with Crippen molar-refractivity contribution in [3.63, 3.8) is 0 Å². The van der Waals surface area contributed by atoms with Gasteiger partial charge in [0.05, 0.1) is 29.6 Å². The van der Waals surface area contributed by atoms with E-state index in [2.05, 4.69) is 10.3 Å². The lowest BCUT2D eigenvalue weighted by Crippen LogP contribution is -2.37. The number of hydrogen-bond donors (Lipinski definition) is 1. The molecule has 158 valence electrons. The number of imidazole rings is 1. The standard InChI is InChI=1S/C23H28N4O3/c28-21(25-17-8-2-1-3-9-17)14-18-15-26(16-24-18)12-6-7-13-27-22(29)19-10-4-5-11-20(19)23(27)30/h4-5,10-11,15-17H,1-3,6-9,12-14H2,(H,25,28). The smallest absolute Gasteiger partial charge is 0.261 e. The molecule has 30 heavy (non-hydrogen) atoms. The largest absolute Gasteiger partial charge is 0.353 e. The summed E-state index contributed by atoms with van der Waals surface area (Å²) in [6.07, 6.45) is 11.3. The van der Waals surface area contributed by atoms with Crippen LogP contribution in [-0.2, 0) is 17.8 Å².